The number of nitrogen functional groups attached to an aromatic ring is 1. The van der Waals surface area contributed by atoms with Crippen LogP contribution in [0.1, 0.15) is 16.8 Å². The fourth-order valence-corrected chi connectivity index (χ4v) is 1.86. The predicted octanol–water partition coefficient (Wildman–Crippen LogP) is 0.370. The Labute approximate surface area is 104 Å². The molecule has 0 saturated carbocycles. The van der Waals surface area contributed by atoms with Gasteiger partial charge in [0.05, 0.1) is 12.1 Å². The maximum Gasteiger partial charge on any atom is 0.257 e. The van der Waals surface area contributed by atoms with Crippen LogP contribution in [0.25, 0.3) is 0 Å². The Morgan fingerprint density at radius 2 is 2.22 bits per heavy atom. The molecule has 0 aromatic heterocycles. The summed E-state index contributed by atoms with van der Waals surface area (Å²) >= 11 is 0. The molecule has 2 rings (SSSR count). The Morgan fingerprint density at radius 3 is 3.00 bits per heavy atom. The average Bonchev–Trinajstić information content (AvgIpc) is 2.56. The highest BCUT2D eigenvalue weighted by atomic mass is 19.1. The van der Waals surface area contributed by atoms with E-state index < -0.39 is 11.7 Å². The third kappa shape index (κ3) is 2.58. The van der Waals surface area contributed by atoms with Gasteiger partial charge in [0.25, 0.3) is 5.91 Å². The molecule has 1 saturated heterocycles. The van der Waals surface area contributed by atoms with Gasteiger partial charge in [0.2, 0.25) is 5.91 Å². The van der Waals surface area contributed by atoms with E-state index in [1.54, 1.807) is 0 Å². The molecule has 0 aliphatic carbocycles. The molecule has 0 spiro atoms. The molecule has 1 aromatic rings. The molecule has 5 nitrogen and oxygen atoms in total. The van der Waals surface area contributed by atoms with Gasteiger partial charge in [-0.3, -0.25) is 9.59 Å². The summed E-state index contributed by atoms with van der Waals surface area (Å²) in [5, 5.41) is 2.66. The Balaban J connectivity index is 2.24. The van der Waals surface area contributed by atoms with E-state index in [0.29, 0.717) is 25.2 Å². The minimum absolute atomic E-state index is 0.0485. The Bertz CT molecular complexity index is 490. The monoisotopic (exact) mass is 251 g/mol. The van der Waals surface area contributed by atoms with Crippen LogP contribution in [0.3, 0.4) is 0 Å². The molecule has 0 radical (unpaired) electrons. The van der Waals surface area contributed by atoms with E-state index in [9.17, 15) is 14.0 Å². The van der Waals surface area contributed by atoms with E-state index in [1.165, 1.54) is 17.0 Å². The van der Waals surface area contributed by atoms with Gasteiger partial charge in [-0.1, -0.05) is 0 Å². The number of carbonyl (C=O) groups is 2. The minimum atomic E-state index is -0.626. The summed E-state index contributed by atoms with van der Waals surface area (Å²) in [5.41, 5.74) is 5.76. The van der Waals surface area contributed by atoms with Crippen molar-refractivity contribution >= 4 is 17.5 Å². The SMILES string of the molecule is Nc1ccc(F)c(C(=O)N2CCCNC(=O)C2)c1. The van der Waals surface area contributed by atoms with E-state index >= 15 is 0 Å². The molecular formula is C12H14FN3O2. The van der Waals surface area contributed by atoms with Crippen LogP contribution in [0.15, 0.2) is 18.2 Å². The Hall–Kier alpha value is -2.11. The first-order valence-electron chi connectivity index (χ1n) is 5.69. The zero-order chi connectivity index (χ0) is 13.1. The fourth-order valence-electron chi connectivity index (χ4n) is 1.86. The van der Waals surface area contributed by atoms with Crippen LogP contribution in [0.5, 0.6) is 0 Å². The van der Waals surface area contributed by atoms with Crippen molar-refractivity contribution < 1.29 is 14.0 Å². The van der Waals surface area contributed by atoms with Crippen molar-refractivity contribution in [2.45, 2.75) is 6.42 Å². The van der Waals surface area contributed by atoms with E-state index in [-0.39, 0.29) is 18.0 Å². The molecule has 2 amide bonds. The first-order valence-corrected chi connectivity index (χ1v) is 5.69. The molecule has 0 unspecified atom stereocenters. The first kappa shape index (κ1) is 12.3. The molecule has 1 aliphatic rings. The molecule has 18 heavy (non-hydrogen) atoms. The average molecular weight is 251 g/mol. The summed E-state index contributed by atoms with van der Waals surface area (Å²) in [7, 11) is 0. The van der Waals surface area contributed by atoms with Crippen molar-refractivity contribution in [1.82, 2.24) is 10.2 Å². The molecule has 6 heteroatoms. The smallest absolute Gasteiger partial charge is 0.257 e. The molecule has 0 bridgehead atoms. The highest BCUT2D eigenvalue weighted by Gasteiger charge is 2.23. The van der Waals surface area contributed by atoms with Crippen LogP contribution in [-0.2, 0) is 4.79 Å². The number of nitrogens with two attached hydrogens (primary N) is 1. The lowest BCUT2D eigenvalue weighted by molar-refractivity contribution is -0.121. The molecule has 1 aliphatic heterocycles. The second-order valence-electron chi connectivity index (χ2n) is 4.17. The third-order valence-electron chi connectivity index (χ3n) is 2.77. The molecule has 1 heterocycles. The number of amides is 2. The number of anilines is 1. The zero-order valence-electron chi connectivity index (χ0n) is 9.78. The highest BCUT2D eigenvalue weighted by molar-refractivity contribution is 5.97. The number of hydrogen-bond acceptors (Lipinski definition) is 3. The second-order valence-corrected chi connectivity index (χ2v) is 4.17. The van der Waals surface area contributed by atoms with Gasteiger partial charge in [-0.15, -0.1) is 0 Å². The van der Waals surface area contributed by atoms with Gasteiger partial charge in [-0.2, -0.15) is 0 Å². The summed E-state index contributed by atoms with van der Waals surface area (Å²) in [6, 6.07) is 3.84. The van der Waals surface area contributed by atoms with Gasteiger partial charge in [0, 0.05) is 18.8 Å². The summed E-state index contributed by atoms with van der Waals surface area (Å²) in [6.45, 7) is 0.904. The van der Waals surface area contributed by atoms with Crippen molar-refractivity contribution in [3.63, 3.8) is 0 Å². The van der Waals surface area contributed by atoms with Gasteiger partial charge in [-0.05, 0) is 24.6 Å². The van der Waals surface area contributed by atoms with Crippen molar-refractivity contribution in [2.75, 3.05) is 25.4 Å². The maximum atomic E-state index is 13.6. The van der Waals surface area contributed by atoms with Crippen molar-refractivity contribution in [3.05, 3.63) is 29.6 Å². The van der Waals surface area contributed by atoms with E-state index in [0.717, 1.165) is 6.07 Å². The van der Waals surface area contributed by atoms with Gasteiger partial charge in [0.15, 0.2) is 0 Å². The Kier molecular flexibility index (Phi) is 3.45. The van der Waals surface area contributed by atoms with E-state index in [2.05, 4.69) is 5.32 Å². The van der Waals surface area contributed by atoms with Crippen molar-refractivity contribution in [1.29, 1.82) is 0 Å². The third-order valence-corrected chi connectivity index (χ3v) is 2.77. The summed E-state index contributed by atoms with van der Waals surface area (Å²) in [6.07, 6.45) is 0.654. The molecule has 0 atom stereocenters. The van der Waals surface area contributed by atoms with Gasteiger partial charge in [-0.25, -0.2) is 4.39 Å². The Morgan fingerprint density at radius 1 is 1.44 bits per heavy atom. The molecule has 96 valence electrons. The van der Waals surface area contributed by atoms with Crippen LogP contribution in [0, 0.1) is 5.82 Å². The summed E-state index contributed by atoms with van der Waals surface area (Å²) < 4.78 is 13.6. The number of benzene rings is 1. The van der Waals surface area contributed by atoms with Gasteiger partial charge < -0.3 is 16.0 Å². The number of carbonyl (C=O) groups excluding carboxylic acids is 2. The molecular weight excluding hydrogens is 237 g/mol. The van der Waals surface area contributed by atoms with Gasteiger partial charge in [0.1, 0.15) is 5.82 Å². The van der Waals surface area contributed by atoms with Crippen LogP contribution in [-0.4, -0.2) is 36.3 Å². The second kappa shape index (κ2) is 5.03. The lowest BCUT2D eigenvalue weighted by Gasteiger charge is -2.19. The highest BCUT2D eigenvalue weighted by Crippen LogP contribution is 2.15. The fraction of sp³-hybridized carbons (Fsp3) is 0.333. The number of nitrogens with one attached hydrogen (secondary N) is 1. The number of halogens is 1. The molecule has 1 aromatic carbocycles. The van der Waals surface area contributed by atoms with Gasteiger partial charge >= 0.3 is 0 Å². The number of rotatable bonds is 1. The quantitative estimate of drug-likeness (QED) is 0.708. The van der Waals surface area contributed by atoms with Crippen LogP contribution in [0.4, 0.5) is 10.1 Å². The van der Waals surface area contributed by atoms with Crippen LogP contribution in [0.2, 0.25) is 0 Å². The summed E-state index contributed by atoms with van der Waals surface area (Å²) in [4.78, 5) is 24.8. The normalized spacial score (nSPS) is 16.1. The number of hydrogen-bond donors (Lipinski definition) is 2. The molecule has 1 fully saturated rings. The lowest BCUT2D eigenvalue weighted by atomic mass is 10.1. The molecule has 3 N–H and O–H groups in total. The largest absolute Gasteiger partial charge is 0.399 e. The topological polar surface area (TPSA) is 75.4 Å². The van der Waals surface area contributed by atoms with E-state index in [1.807, 2.05) is 0 Å². The van der Waals surface area contributed by atoms with Crippen LogP contribution >= 0.6 is 0 Å². The zero-order valence-corrected chi connectivity index (χ0v) is 9.78. The van der Waals surface area contributed by atoms with E-state index in [4.69, 9.17) is 5.73 Å². The summed E-state index contributed by atoms with van der Waals surface area (Å²) in [5.74, 6) is -1.36. The minimum Gasteiger partial charge on any atom is -0.399 e. The van der Waals surface area contributed by atoms with Crippen LogP contribution < -0.4 is 11.1 Å². The number of nitrogens with zero attached hydrogens (tertiary/aromatic N) is 1. The first-order chi connectivity index (χ1) is 8.58. The standard InChI is InChI=1S/C12H14FN3O2/c13-10-3-2-8(14)6-9(10)12(18)16-5-1-4-15-11(17)7-16/h2-3,6H,1,4-5,7,14H2,(H,15,17). The van der Waals surface area contributed by atoms with Crippen molar-refractivity contribution in [2.24, 2.45) is 0 Å². The lowest BCUT2D eigenvalue weighted by Crippen LogP contribution is -2.37. The predicted molar refractivity (Wildman–Crippen MR) is 64.3 cm³/mol. The maximum absolute atomic E-state index is 13.6. The van der Waals surface area contributed by atoms with Crippen molar-refractivity contribution in [3.8, 4) is 0 Å².